The zero-order valence-electron chi connectivity index (χ0n) is 9.47. The topological polar surface area (TPSA) is 12.0 Å². The van der Waals surface area contributed by atoms with Gasteiger partial charge in [-0.25, -0.2) is 0 Å². The van der Waals surface area contributed by atoms with Crippen molar-refractivity contribution in [2.24, 2.45) is 11.8 Å². The molecule has 0 amide bonds. The van der Waals surface area contributed by atoms with Gasteiger partial charge in [0.25, 0.3) is 0 Å². The molecular formula is C12H25N. The Morgan fingerprint density at radius 2 is 1.92 bits per heavy atom. The minimum absolute atomic E-state index is 0.817. The summed E-state index contributed by atoms with van der Waals surface area (Å²) < 4.78 is 0. The predicted octanol–water partition coefficient (Wildman–Crippen LogP) is 3.20. The van der Waals surface area contributed by atoms with Crippen molar-refractivity contribution in [1.82, 2.24) is 5.32 Å². The molecule has 0 aromatic carbocycles. The van der Waals surface area contributed by atoms with Crippen LogP contribution in [-0.4, -0.2) is 12.6 Å². The molecule has 0 saturated heterocycles. The van der Waals surface area contributed by atoms with Gasteiger partial charge in [-0.15, -0.1) is 0 Å². The number of unbranched alkanes of at least 4 members (excludes halogenated alkanes) is 1. The molecule has 1 rings (SSSR count). The smallest absolute Gasteiger partial charge is 0.00698 e. The van der Waals surface area contributed by atoms with E-state index >= 15 is 0 Å². The SMILES string of the molecule is CCCCN[C@@H]1CC[C@H](C)[C@H](C)C1. The monoisotopic (exact) mass is 183 g/mol. The summed E-state index contributed by atoms with van der Waals surface area (Å²) in [5.74, 6) is 1.87. The third kappa shape index (κ3) is 3.68. The Hall–Kier alpha value is -0.0400. The number of rotatable bonds is 4. The van der Waals surface area contributed by atoms with Gasteiger partial charge in [-0.3, -0.25) is 0 Å². The van der Waals surface area contributed by atoms with E-state index < -0.39 is 0 Å². The Kier molecular flexibility index (Phi) is 4.79. The van der Waals surface area contributed by atoms with Gasteiger partial charge in [0.1, 0.15) is 0 Å². The fraction of sp³-hybridized carbons (Fsp3) is 1.00. The van der Waals surface area contributed by atoms with E-state index in [1.54, 1.807) is 0 Å². The van der Waals surface area contributed by atoms with Gasteiger partial charge in [0.2, 0.25) is 0 Å². The summed E-state index contributed by atoms with van der Waals surface area (Å²) in [5, 5.41) is 3.67. The Morgan fingerprint density at radius 3 is 2.54 bits per heavy atom. The van der Waals surface area contributed by atoms with E-state index in [0.29, 0.717) is 0 Å². The lowest BCUT2D eigenvalue weighted by atomic mass is 9.79. The Balaban J connectivity index is 2.14. The van der Waals surface area contributed by atoms with Gasteiger partial charge >= 0.3 is 0 Å². The highest BCUT2D eigenvalue weighted by molar-refractivity contribution is 4.79. The van der Waals surface area contributed by atoms with Crippen LogP contribution in [0.4, 0.5) is 0 Å². The lowest BCUT2D eigenvalue weighted by Crippen LogP contribution is -2.36. The van der Waals surface area contributed by atoms with Gasteiger partial charge in [0, 0.05) is 6.04 Å². The zero-order chi connectivity index (χ0) is 9.68. The standard InChI is InChI=1S/C12H25N/c1-4-5-8-13-12-7-6-10(2)11(3)9-12/h10-13H,4-9H2,1-3H3/t10-,11+,12+/m0/s1. The Morgan fingerprint density at radius 1 is 1.15 bits per heavy atom. The molecule has 78 valence electrons. The van der Waals surface area contributed by atoms with Crippen molar-refractivity contribution in [2.75, 3.05) is 6.54 Å². The summed E-state index contributed by atoms with van der Waals surface area (Å²) in [7, 11) is 0. The molecule has 1 nitrogen and oxygen atoms in total. The number of hydrogen-bond donors (Lipinski definition) is 1. The minimum atomic E-state index is 0.817. The number of nitrogens with one attached hydrogen (secondary N) is 1. The van der Waals surface area contributed by atoms with Crippen molar-refractivity contribution >= 4 is 0 Å². The van der Waals surface area contributed by atoms with E-state index in [2.05, 4.69) is 26.1 Å². The van der Waals surface area contributed by atoms with Crippen molar-refractivity contribution in [3.8, 4) is 0 Å². The van der Waals surface area contributed by atoms with Crippen LogP contribution in [0.15, 0.2) is 0 Å². The molecule has 1 aliphatic carbocycles. The summed E-state index contributed by atoms with van der Waals surface area (Å²) in [6.45, 7) is 8.28. The maximum atomic E-state index is 3.67. The van der Waals surface area contributed by atoms with Gasteiger partial charge in [0.15, 0.2) is 0 Å². The molecule has 0 aliphatic heterocycles. The van der Waals surface area contributed by atoms with E-state index in [9.17, 15) is 0 Å². The van der Waals surface area contributed by atoms with Gasteiger partial charge in [-0.2, -0.15) is 0 Å². The first kappa shape index (κ1) is 11.0. The van der Waals surface area contributed by atoms with Crippen molar-refractivity contribution in [2.45, 2.75) is 58.9 Å². The second-order valence-electron chi connectivity index (χ2n) is 4.77. The average Bonchev–Trinajstić information content (AvgIpc) is 2.12. The van der Waals surface area contributed by atoms with Gasteiger partial charge in [0.05, 0.1) is 0 Å². The van der Waals surface area contributed by atoms with Crippen LogP contribution < -0.4 is 5.32 Å². The highest BCUT2D eigenvalue weighted by Gasteiger charge is 2.23. The molecule has 0 heterocycles. The highest BCUT2D eigenvalue weighted by Crippen LogP contribution is 2.29. The molecule has 3 atom stereocenters. The third-order valence-electron chi connectivity index (χ3n) is 3.56. The zero-order valence-corrected chi connectivity index (χ0v) is 9.47. The molecule has 13 heavy (non-hydrogen) atoms. The first-order valence-electron chi connectivity index (χ1n) is 5.97. The summed E-state index contributed by atoms with van der Waals surface area (Å²) in [6.07, 6.45) is 6.86. The molecule has 0 bridgehead atoms. The molecule has 1 saturated carbocycles. The van der Waals surface area contributed by atoms with Crippen molar-refractivity contribution in [3.63, 3.8) is 0 Å². The minimum Gasteiger partial charge on any atom is -0.314 e. The van der Waals surface area contributed by atoms with Crippen molar-refractivity contribution < 1.29 is 0 Å². The molecule has 0 spiro atoms. The maximum absolute atomic E-state index is 3.67. The Bertz CT molecular complexity index is 133. The largest absolute Gasteiger partial charge is 0.314 e. The molecular weight excluding hydrogens is 158 g/mol. The van der Waals surface area contributed by atoms with Crippen LogP contribution in [0.3, 0.4) is 0 Å². The van der Waals surface area contributed by atoms with Crippen LogP contribution >= 0.6 is 0 Å². The molecule has 1 heteroatoms. The van der Waals surface area contributed by atoms with E-state index in [1.165, 1.54) is 38.6 Å². The molecule has 0 aromatic rings. The second-order valence-corrected chi connectivity index (χ2v) is 4.77. The van der Waals surface area contributed by atoms with Crippen LogP contribution in [0.2, 0.25) is 0 Å². The predicted molar refractivity (Wildman–Crippen MR) is 58.9 cm³/mol. The summed E-state index contributed by atoms with van der Waals surface area (Å²) in [4.78, 5) is 0. The molecule has 1 aliphatic rings. The molecule has 1 N–H and O–H groups in total. The van der Waals surface area contributed by atoms with Crippen LogP contribution in [0.1, 0.15) is 52.9 Å². The summed E-state index contributed by atoms with van der Waals surface area (Å²) >= 11 is 0. The molecule has 0 aromatic heterocycles. The molecule has 1 fully saturated rings. The summed E-state index contributed by atoms with van der Waals surface area (Å²) in [6, 6.07) is 0.817. The van der Waals surface area contributed by atoms with Crippen LogP contribution in [0.25, 0.3) is 0 Å². The maximum Gasteiger partial charge on any atom is 0.00698 e. The first-order chi connectivity index (χ1) is 6.24. The van der Waals surface area contributed by atoms with Crippen LogP contribution in [-0.2, 0) is 0 Å². The third-order valence-corrected chi connectivity index (χ3v) is 3.56. The number of hydrogen-bond acceptors (Lipinski definition) is 1. The second kappa shape index (κ2) is 5.64. The lowest BCUT2D eigenvalue weighted by Gasteiger charge is -2.32. The lowest BCUT2D eigenvalue weighted by molar-refractivity contribution is 0.226. The molecule has 0 radical (unpaired) electrons. The fourth-order valence-electron chi connectivity index (χ4n) is 2.22. The quantitative estimate of drug-likeness (QED) is 0.660. The normalized spacial score (nSPS) is 34.8. The van der Waals surface area contributed by atoms with E-state index in [1.807, 2.05) is 0 Å². The van der Waals surface area contributed by atoms with Gasteiger partial charge in [-0.05, 0) is 44.1 Å². The average molecular weight is 183 g/mol. The molecule has 0 unspecified atom stereocenters. The van der Waals surface area contributed by atoms with Crippen LogP contribution in [0, 0.1) is 11.8 Å². The van der Waals surface area contributed by atoms with Crippen molar-refractivity contribution in [1.29, 1.82) is 0 Å². The van der Waals surface area contributed by atoms with Crippen molar-refractivity contribution in [3.05, 3.63) is 0 Å². The highest BCUT2D eigenvalue weighted by atomic mass is 14.9. The summed E-state index contributed by atoms with van der Waals surface area (Å²) in [5.41, 5.74) is 0. The van der Waals surface area contributed by atoms with Gasteiger partial charge < -0.3 is 5.32 Å². The first-order valence-corrected chi connectivity index (χ1v) is 5.97. The van der Waals surface area contributed by atoms with E-state index in [-0.39, 0.29) is 0 Å². The Labute approximate surface area is 83.3 Å². The van der Waals surface area contributed by atoms with E-state index in [4.69, 9.17) is 0 Å². The van der Waals surface area contributed by atoms with Gasteiger partial charge in [-0.1, -0.05) is 27.2 Å². The fourth-order valence-corrected chi connectivity index (χ4v) is 2.22. The van der Waals surface area contributed by atoms with E-state index in [0.717, 1.165) is 17.9 Å². The van der Waals surface area contributed by atoms with Crippen LogP contribution in [0.5, 0.6) is 0 Å².